The number of aliphatic hydroxyl groups excluding tert-OH is 1. The Hall–Kier alpha value is -4.20. The van der Waals surface area contributed by atoms with Crippen molar-refractivity contribution in [1.82, 2.24) is 0 Å². The van der Waals surface area contributed by atoms with Gasteiger partial charge in [-0.1, -0.05) is 12.1 Å². The van der Waals surface area contributed by atoms with Crippen LogP contribution in [0.3, 0.4) is 0 Å². The first-order chi connectivity index (χ1) is 16.2. The molecule has 1 saturated heterocycles. The number of ketones is 1. The van der Waals surface area contributed by atoms with E-state index >= 15 is 0 Å². The number of ether oxygens (including phenoxy) is 1. The van der Waals surface area contributed by atoms with Crippen LogP contribution in [0.5, 0.6) is 11.5 Å². The van der Waals surface area contributed by atoms with Crippen molar-refractivity contribution in [1.29, 1.82) is 0 Å². The van der Waals surface area contributed by atoms with Gasteiger partial charge in [0.15, 0.2) is 0 Å². The van der Waals surface area contributed by atoms with Gasteiger partial charge in [0.25, 0.3) is 11.7 Å². The van der Waals surface area contributed by atoms with E-state index in [9.17, 15) is 28.6 Å². The zero-order valence-corrected chi connectivity index (χ0v) is 18.3. The number of hydrogen-bond donors (Lipinski definition) is 2. The van der Waals surface area contributed by atoms with Crippen LogP contribution in [0.25, 0.3) is 5.76 Å². The second kappa shape index (κ2) is 8.97. The Morgan fingerprint density at radius 3 is 2.24 bits per heavy atom. The minimum atomic E-state index is -1.26. The SMILES string of the molecule is CC(C)Oc1ccc(/C(O)=C2\C(=O)C(=O)N(c3cc(F)ccc3F)C2c2ccc(O)cc2)cc1. The molecule has 1 amide bonds. The summed E-state index contributed by atoms with van der Waals surface area (Å²) in [4.78, 5) is 26.9. The van der Waals surface area contributed by atoms with Crippen LogP contribution in [0.15, 0.2) is 72.3 Å². The maximum absolute atomic E-state index is 14.7. The molecule has 1 fully saturated rings. The summed E-state index contributed by atoms with van der Waals surface area (Å²) in [6.07, 6.45) is -0.0690. The van der Waals surface area contributed by atoms with E-state index in [0.717, 1.165) is 23.1 Å². The monoisotopic (exact) mass is 465 g/mol. The largest absolute Gasteiger partial charge is 0.508 e. The van der Waals surface area contributed by atoms with E-state index in [1.165, 1.54) is 36.4 Å². The molecule has 3 aromatic rings. The molecule has 0 aromatic heterocycles. The number of carbonyl (C=O) groups is 2. The number of phenolic OH excluding ortho intramolecular Hbond substituents is 1. The molecule has 0 aliphatic carbocycles. The highest BCUT2D eigenvalue weighted by atomic mass is 19.1. The summed E-state index contributed by atoms with van der Waals surface area (Å²) in [6.45, 7) is 3.72. The van der Waals surface area contributed by atoms with Gasteiger partial charge in [0.1, 0.15) is 28.9 Å². The number of halogens is 2. The van der Waals surface area contributed by atoms with Crippen LogP contribution >= 0.6 is 0 Å². The predicted octanol–water partition coefficient (Wildman–Crippen LogP) is 5.08. The zero-order chi connectivity index (χ0) is 24.6. The Labute approximate surface area is 194 Å². The van der Waals surface area contributed by atoms with E-state index in [2.05, 4.69) is 0 Å². The van der Waals surface area contributed by atoms with Gasteiger partial charge in [-0.2, -0.15) is 0 Å². The maximum Gasteiger partial charge on any atom is 0.300 e. The van der Waals surface area contributed by atoms with Crippen LogP contribution in [0.4, 0.5) is 14.5 Å². The summed E-state index contributed by atoms with van der Waals surface area (Å²) in [5, 5.41) is 20.8. The van der Waals surface area contributed by atoms with Crippen LogP contribution in [-0.4, -0.2) is 28.0 Å². The van der Waals surface area contributed by atoms with E-state index < -0.39 is 40.8 Å². The minimum absolute atomic E-state index is 0.0690. The Bertz CT molecular complexity index is 1280. The normalized spacial score (nSPS) is 17.4. The van der Waals surface area contributed by atoms with E-state index in [-0.39, 0.29) is 23.0 Å². The van der Waals surface area contributed by atoms with Crippen LogP contribution in [-0.2, 0) is 9.59 Å². The lowest BCUT2D eigenvalue weighted by atomic mass is 9.95. The first kappa shape index (κ1) is 23.0. The molecule has 1 aliphatic heterocycles. The highest BCUT2D eigenvalue weighted by molar-refractivity contribution is 6.51. The molecule has 8 heteroatoms. The molecule has 174 valence electrons. The molecule has 1 aliphatic rings. The Morgan fingerprint density at radius 1 is 0.971 bits per heavy atom. The van der Waals surface area contributed by atoms with Crippen molar-refractivity contribution in [2.45, 2.75) is 26.0 Å². The van der Waals surface area contributed by atoms with E-state index in [1.807, 2.05) is 13.8 Å². The van der Waals surface area contributed by atoms with Gasteiger partial charge in [0.05, 0.1) is 23.4 Å². The molecule has 0 bridgehead atoms. The molecule has 3 aromatic carbocycles. The number of hydrogen-bond acceptors (Lipinski definition) is 5. The summed E-state index contributed by atoms with van der Waals surface area (Å²) in [5.74, 6) is -3.90. The van der Waals surface area contributed by atoms with Crippen LogP contribution < -0.4 is 9.64 Å². The number of aromatic hydroxyl groups is 1. The van der Waals surface area contributed by atoms with E-state index in [1.54, 1.807) is 12.1 Å². The van der Waals surface area contributed by atoms with Gasteiger partial charge in [-0.05, 0) is 67.9 Å². The van der Waals surface area contributed by atoms with Crippen molar-refractivity contribution in [2.75, 3.05) is 4.90 Å². The number of amides is 1. The smallest absolute Gasteiger partial charge is 0.300 e. The minimum Gasteiger partial charge on any atom is -0.508 e. The summed E-state index contributed by atoms with van der Waals surface area (Å²) in [7, 11) is 0. The zero-order valence-electron chi connectivity index (χ0n) is 18.3. The van der Waals surface area contributed by atoms with Gasteiger partial charge in [-0.3, -0.25) is 14.5 Å². The number of anilines is 1. The van der Waals surface area contributed by atoms with Gasteiger partial charge in [-0.15, -0.1) is 0 Å². The molecular formula is C26H21F2NO5. The number of nitrogens with zero attached hydrogens (tertiary/aromatic N) is 1. The molecular weight excluding hydrogens is 444 g/mol. The third-order valence-electron chi connectivity index (χ3n) is 5.32. The summed E-state index contributed by atoms with van der Waals surface area (Å²) < 4.78 is 34.2. The summed E-state index contributed by atoms with van der Waals surface area (Å²) >= 11 is 0. The first-order valence-corrected chi connectivity index (χ1v) is 10.5. The number of carbonyl (C=O) groups excluding carboxylic acids is 2. The molecule has 34 heavy (non-hydrogen) atoms. The fraction of sp³-hybridized carbons (Fsp3) is 0.154. The van der Waals surface area contributed by atoms with Gasteiger partial charge < -0.3 is 14.9 Å². The third-order valence-corrected chi connectivity index (χ3v) is 5.32. The molecule has 2 N–H and O–H groups in total. The van der Waals surface area contributed by atoms with Gasteiger partial charge >= 0.3 is 0 Å². The Kier molecular flexibility index (Phi) is 6.06. The average Bonchev–Trinajstić information content (AvgIpc) is 3.06. The van der Waals surface area contributed by atoms with Crippen LogP contribution in [0, 0.1) is 11.6 Å². The van der Waals surface area contributed by atoms with Gasteiger partial charge in [0.2, 0.25) is 0 Å². The van der Waals surface area contributed by atoms with Gasteiger partial charge in [0, 0.05) is 11.6 Å². The van der Waals surface area contributed by atoms with Crippen LogP contribution in [0.2, 0.25) is 0 Å². The molecule has 1 heterocycles. The predicted molar refractivity (Wildman–Crippen MR) is 121 cm³/mol. The second-order valence-electron chi connectivity index (χ2n) is 8.05. The highest BCUT2D eigenvalue weighted by Gasteiger charge is 2.47. The summed E-state index contributed by atoms with van der Waals surface area (Å²) in [6, 6.07) is 13.1. The standard InChI is InChI=1S/C26H21F2NO5/c1-14(2)34-19-10-5-16(6-11-19)24(31)22-23(15-3-8-18(30)9-4-15)29(26(33)25(22)32)21-13-17(27)7-12-20(21)28/h3-14,23,30-31H,1-2H3/b24-22+. The number of phenols is 1. The molecule has 0 spiro atoms. The number of aliphatic hydroxyl groups is 1. The molecule has 0 saturated carbocycles. The maximum atomic E-state index is 14.7. The topological polar surface area (TPSA) is 87.1 Å². The third kappa shape index (κ3) is 4.22. The lowest BCUT2D eigenvalue weighted by molar-refractivity contribution is -0.132. The molecule has 1 unspecified atom stereocenters. The van der Waals surface area contributed by atoms with Crippen molar-refractivity contribution < 1.29 is 33.3 Å². The number of rotatable bonds is 5. The van der Waals surface area contributed by atoms with Crippen LogP contribution in [0.1, 0.15) is 31.0 Å². The lowest BCUT2D eigenvalue weighted by Crippen LogP contribution is -2.30. The fourth-order valence-corrected chi connectivity index (χ4v) is 3.84. The van der Waals surface area contributed by atoms with Crippen molar-refractivity contribution in [2.24, 2.45) is 0 Å². The molecule has 6 nitrogen and oxygen atoms in total. The highest BCUT2D eigenvalue weighted by Crippen LogP contribution is 2.43. The Morgan fingerprint density at radius 2 is 1.62 bits per heavy atom. The van der Waals surface area contributed by atoms with Crippen molar-refractivity contribution in [3.05, 3.63) is 95.1 Å². The molecule has 1 atom stereocenters. The number of benzene rings is 3. The van der Waals surface area contributed by atoms with E-state index in [0.29, 0.717) is 11.3 Å². The quantitative estimate of drug-likeness (QED) is 0.312. The molecule has 4 rings (SSSR count). The lowest BCUT2D eigenvalue weighted by Gasteiger charge is -2.25. The Balaban J connectivity index is 1.89. The summed E-state index contributed by atoms with van der Waals surface area (Å²) in [5.41, 5.74) is -0.198. The average molecular weight is 465 g/mol. The van der Waals surface area contributed by atoms with Crippen molar-refractivity contribution in [3.63, 3.8) is 0 Å². The molecule has 0 radical (unpaired) electrons. The van der Waals surface area contributed by atoms with Crippen molar-refractivity contribution >= 4 is 23.1 Å². The van der Waals surface area contributed by atoms with Crippen molar-refractivity contribution in [3.8, 4) is 11.5 Å². The number of Topliss-reactive ketones (excluding diaryl/α,β-unsaturated/α-hetero) is 1. The van der Waals surface area contributed by atoms with E-state index in [4.69, 9.17) is 4.74 Å². The fourth-order valence-electron chi connectivity index (χ4n) is 3.84. The first-order valence-electron chi connectivity index (χ1n) is 10.5. The second-order valence-corrected chi connectivity index (χ2v) is 8.05. The van der Waals surface area contributed by atoms with Gasteiger partial charge in [-0.25, -0.2) is 8.78 Å².